The van der Waals surface area contributed by atoms with Gasteiger partial charge in [-0.1, -0.05) is 5.21 Å². The van der Waals surface area contributed by atoms with Gasteiger partial charge in [0, 0.05) is 24.2 Å². The van der Waals surface area contributed by atoms with Crippen molar-refractivity contribution >= 4 is 12.4 Å². The van der Waals surface area contributed by atoms with Crippen LogP contribution >= 0.6 is 12.4 Å². The second-order valence-electron chi connectivity index (χ2n) is 6.18. The third-order valence-electron chi connectivity index (χ3n) is 4.29. The molecule has 0 amide bonds. The predicted molar refractivity (Wildman–Crippen MR) is 102 cm³/mol. The van der Waals surface area contributed by atoms with E-state index >= 15 is 0 Å². The minimum atomic E-state index is -1.21. The molecule has 1 aromatic heterocycles. The molecular formula is C19H20ClF3N4O. The first-order valence-electron chi connectivity index (χ1n) is 8.40. The monoisotopic (exact) mass is 412 g/mol. The zero-order valence-electron chi connectivity index (χ0n) is 15.1. The Hall–Kier alpha value is -2.58. The topological polar surface area (TPSA) is 66.0 Å². The molecule has 0 aliphatic heterocycles. The van der Waals surface area contributed by atoms with E-state index in [0.29, 0.717) is 19.0 Å². The Morgan fingerprint density at radius 3 is 2.43 bits per heavy atom. The van der Waals surface area contributed by atoms with Gasteiger partial charge < -0.3 is 10.5 Å². The molecule has 0 aliphatic rings. The molecular weight excluding hydrogens is 393 g/mol. The van der Waals surface area contributed by atoms with Gasteiger partial charge in [0.25, 0.3) is 0 Å². The van der Waals surface area contributed by atoms with Gasteiger partial charge in [0.15, 0.2) is 11.6 Å². The first kappa shape index (κ1) is 21.7. The van der Waals surface area contributed by atoms with Gasteiger partial charge in [-0.3, -0.25) is 0 Å². The van der Waals surface area contributed by atoms with Crippen LogP contribution in [-0.2, 0) is 13.0 Å². The summed E-state index contributed by atoms with van der Waals surface area (Å²) in [6.07, 6.45) is 2.20. The lowest BCUT2D eigenvalue weighted by atomic mass is 10.0. The lowest BCUT2D eigenvalue weighted by Gasteiger charge is -2.14. The van der Waals surface area contributed by atoms with Crippen molar-refractivity contribution in [3.8, 4) is 17.0 Å². The average molecular weight is 413 g/mol. The van der Waals surface area contributed by atoms with Crippen LogP contribution in [0.2, 0.25) is 0 Å². The van der Waals surface area contributed by atoms with E-state index in [9.17, 15) is 13.2 Å². The zero-order chi connectivity index (χ0) is 19.4. The van der Waals surface area contributed by atoms with Crippen molar-refractivity contribution in [3.05, 3.63) is 65.6 Å². The molecule has 0 radical (unpaired) electrons. The molecule has 0 spiro atoms. The fourth-order valence-corrected chi connectivity index (χ4v) is 2.80. The third kappa shape index (κ3) is 5.02. The normalized spacial score (nSPS) is 11.8. The molecule has 0 saturated heterocycles. The number of aryl methyl sites for hydroxylation is 1. The summed E-state index contributed by atoms with van der Waals surface area (Å²) in [6, 6.07) is 8.40. The SMILES string of the molecule is COc1ccc(-c2cnnn2CC[C@H](N)Cc2cc(F)c(F)cc2F)cc1.Cl. The molecule has 5 nitrogen and oxygen atoms in total. The van der Waals surface area contributed by atoms with Crippen LogP contribution in [0.4, 0.5) is 13.2 Å². The number of nitrogens with two attached hydrogens (primary N) is 1. The summed E-state index contributed by atoms with van der Waals surface area (Å²) in [5, 5.41) is 7.98. The number of benzene rings is 2. The second kappa shape index (κ2) is 9.57. The highest BCUT2D eigenvalue weighted by Gasteiger charge is 2.14. The second-order valence-corrected chi connectivity index (χ2v) is 6.18. The number of aromatic nitrogens is 3. The van der Waals surface area contributed by atoms with E-state index in [1.807, 2.05) is 24.3 Å². The maximum atomic E-state index is 13.8. The molecule has 3 rings (SSSR count). The van der Waals surface area contributed by atoms with Crippen LogP contribution in [0.3, 0.4) is 0 Å². The van der Waals surface area contributed by atoms with Gasteiger partial charge in [0.1, 0.15) is 11.6 Å². The summed E-state index contributed by atoms with van der Waals surface area (Å²) in [5.74, 6) is -2.36. The molecule has 1 heterocycles. The molecule has 0 aliphatic carbocycles. The van der Waals surface area contributed by atoms with E-state index in [1.165, 1.54) is 0 Å². The number of nitrogens with zero attached hydrogens (tertiary/aromatic N) is 3. The summed E-state index contributed by atoms with van der Waals surface area (Å²) in [5.41, 5.74) is 7.82. The lowest BCUT2D eigenvalue weighted by Crippen LogP contribution is -2.25. The maximum Gasteiger partial charge on any atom is 0.161 e. The van der Waals surface area contributed by atoms with E-state index in [1.54, 1.807) is 18.0 Å². The Kier molecular flexibility index (Phi) is 7.42. The molecule has 2 aromatic carbocycles. The van der Waals surface area contributed by atoms with Crippen LogP contribution in [-0.4, -0.2) is 28.1 Å². The number of ether oxygens (including phenoxy) is 1. The predicted octanol–water partition coefficient (Wildman–Crippen LogP) is 3.75. The number of rotatable bonds is 7. The highest BCUT2D eigenvalue weighted by molar-refractivity contribution is 5.85. The van der Waals surface area contributed by atoms with Crippen LogP contribution in [0, 0.1) is 17.5 Å². The van der Waals surface area contributed by atoms with Gasteiger partial charge >= 0.3 is 0 Å². The van der Waals surface area contributed by atoms with E-state index in [4.69, 9.17) is 10.5 Å². The molecule has 0 bridgehead atoms. The minimum absolute atomic E-state index is 0. The van der Waals surface area contributed by atoms with Crippen molar-refractivity contribution in [2.75, 3.05) is 7.11 Å². The lowest BCUT2D eigenvalue weighted by molar-refractivity contribution is 0.415. The Morgan fingerprint density at radius 2 is 1.75 bits per heavy atom. The summed E-state index contributed by atoms with van der Waals surface area (Å²) >= 11 is 0. The highest BCUT2D eigenvalue weighted by Crippen LogP contribution is 2.22. The fraction of sp³-hybridized carbons (Fsp3) is 0.263. The van der Waals surface area contributed by atoms with Gasteiger partial charge in [0.2, 0.25) is 0 Å². The summed E-state index contributed by atoms with van der Waals surface area (Å²) in [7, 11) is 1.60. The van der Waals surface area contributed by atoms with E-state index in [0.717, 1.165) is 23.1 Å². The van der Waals surface area contributed by atoms with Crippen molar-refractivity contribution in [2.45, 2.75) is 25.4 Å². The van der Waals surface area contributed by atoms with E-state index < -0.39 is 23.5 Å². The van der Waals surface area contributed by atoms with Crippen molar-refractivity contribution < 1.29 is 17.9 Å². The molecule has 1 atom stereocenters. The van der Waals surface area contributed by atoms with Gasteiger partial charge in [0.05, 0.1) is 19.0 Å². The number of methoxy groups -OCH3 is 1. The molecule has 0 unspecified atom stereocenters. The Labute approximate surface area is 166 Å². The van der Waals surface area contributed by atoms with Crippen LogP contribution in [0.15, 0.2) is 42.6 Å². The molecule has 0 fully saturated rings. The fourth-order valence-electron chi connectivity index (χ4n) is 2.80. The van der Waals surface area contributed by atoms with Crippen LogP contribution < -0.4 is 10.5 Å². The number of hydrogen-bond acceptors (Lipinski definition) is 4. The summed E-state index contributed by atoms with van der Waals surface area (Å²) < 4.78 is 46.9. The minimum Gasteiger partial charge on any atom is -0.497 e. The quantitative estimate of drug-likeness (QED) is 0.600. The zero-order valence-corrected chi connectivity index (χ0v) is 15.9. The van der Waals surface area contributed by atoms with Crippen molar-refractivity contribution in [1.29, 1.82) is 0 Å². The van der Waals surface area contributed by atoms with Gasteiger partial charge in [-0.2, -0.15) is 0 Å². The summed E-state index contributed by atoms with van der Waals surface area (Å²) in [4.78, 5) is 0. The first-order chi connectivity index (χ1) is 13.0. The molecule has 9 heteroatoms. The van der Waals surface area contributed by atoms with Gasteiger partial charge in [-0.15, -0.1) is 17.5 Å². The first-order valence-corrected chi connectivity index (χ1v) is 8.40. The average Bonchev–Trinajstić information content (AvgIpc) is 3.13. The van der Waals surface area contributed by atoms with Crippen LogP contribution in [0.25, 0.3) is 11.3 Å². The number of halogens is 4. The number of hydrogen-bond donors (Lipinski definition) is 1. The van der Waals surface area contributed by atoms with Crippen molar-refractivity contribution in [1.82, 2.24) is 15.0 Å². The highest BCUT2D eigenvalue weighted by atomic mass is 35.5. The summed E-state index contributed by atoms with van der Waals surface area (Å²) in [6.45, 7) is 0.452. The van der Waals surface area contributed by atoms with Crippen molar-refractivity contribution in [3.63, 3.8) is 0 Å². The van der Waals surface area contributed by atoms with Crippen molar-refractivity contribution in [2.24, 2.45) is 5.73 Å². The third-order valence-corrected chi connectivity index (χ3v) is 4.29. The standard InChI is InChI=1S/C19H19F3N4O.ClH/c1-27-15-4-2-12(3-5-15)19-11-24-25-26(19)7-6-14(23)8-13-9-17(21)18(22)10-16(13)20;/h2-5,9-11,14H,6-8,23H2,1H3;1H/t14-;/m0./s1. The molecule has 0 saturated carbocycles. The molecule has 3 aromatic rings. The molecule has 150 valence electrons. The molecule has 28 heavy (non-hydrogen) atoms. The van der Waals surface area contributed by atoms with Crippen LogP contribution in [0.5, 0.6) is 5.75 Å². The van der Waals surface area contributed by atoms with E-state index in [-0.39, 0.29) is 24.4 Å². The van der Waals surface area contributed by atoms with Gasteiger partial charge in [-0.25, -0.2) is 17.9 Å². The van der Waals surface area contributed by atoms with E-state index in [2.05, 4.69) is 10.3 Å². The maximum absolute atomic E-state index is 13.8. The Bertz CT molecular complexity index is 918. The van der Waals surface area contributed by atoms with Crippen LogP contribution in [0.1, 0.15) is 12.0 Å². The smallest absolute Gasteiger partial charge is 0.161 e. The molecule has 2 N–H and O–H groups in total. The Morgan fingerprint density at radius 1 is 1.07 bits per heavy atom. The van der Waals surface area contributed by atoms with Gasteiger partial charge in [-0.05, 0) is 48.7 Å². The largest absolute Gasteiger partial charge is 0.497 e. The Balaban J connectivity index is 0.00000280.